The maximum atomic E-state index is 9.98. The minimum absolute atomic E-state index is 0.282. The van der Waals surface area contributed by atoms with Gasteiger partial charge in [0.1, 0.15) is 0 Å². The van der Waals surface area contributed by atoms with Crippen LogP contribution in [0.3, 0.4) is 0 Å². The molecule has 0 aliphatic heterocycles. The van der Waals surface area contributed by atoms with E-state index in [0.29, 0.717) is 12.5 Å². The van der Waals surface area contributed by atoms with Crippen molar-refractivity contribution in [3.8, 4) is 0 Å². The number of hydrogen-bond donors (Lipinski definition) is 1. The summed E-state index contributed by atoms with van der Waals surface area (Å²) in [7, 11) is 0. The van der Waals surface area contributed by atoms with Crippen molar-refractivity contribution in [1.82, 2.24) is 9.55 Å². The van der Waals surface area contributed by atoms with Crippen LogP contribution in [0.4, 0.5) is 0 Å². The third kappa shape index (κ3) is 3.07. The van der Waals surface area contributed by atoms with Crippen LogP contribution in [-0.4, -0.2) is 20.8 Å². The van der Waals surface area contributed by atoms with Crippen molar-refractivity contribution in [3.05, 3.63) is 30.6 Å². The summed E-state index contributed by atoms with van der Waals surface area (Å²) in [4.78, 5) is 4.32. The standard InChI is InChI=1S/C14H20N2O/c1-11(2)7-8-12(17)9-16-10-15-13-5-3-4-6-14(13)16/h3-6,10-12,17H,7-9H2,1-2H3. The minimum atomic E-state index is -0.282. The molecule has 0 saturated carbocycles. The molecule has 17 heavy (non-hydrogen) atoms. The molecule has 92 valence electrons. The van der Waals surface area contributed by atoms with E-state index in [4.69, 9.17) is 0 Å². The van der Waals surface area contributed by atoms with Gasteiger partial charge in [-0.3, -0.25) is 0 Å². The Morgan fingerprint density at radius 2 is 2.00 bits per heavy atom. The predicted octanol–water partition coefficient (Wildman–Crippen LogP) is 2.83. The lowest BCUT2D eigenvalue weighted by Crippen LogP contribution is -2.16. The normalized spacial score (nSPS) is 13.4. The van der Waals surface area contributed by atoms with Crippen LogP contribution in [0.15, 0.2) is 30.6 Å². The summed E-state index contributed by atoms with van der Waals surface area (Å²) in [6.07, 6.45) is 3.44. The minimum Gasteiger partial charge on any atom is -0.391 e. The van der Waals surface area contributed by atoms with Crippen molar-refractivity contribution in [2.45, 2.75) is 39.3 Å². The van der Waals surface area contributed by atoms with E-state index in [-0.39, 0.29) is 6.10 Å². The van der Waals surface area contributed by atoms with Gasteiger partial charge in [-0.2, -0.15) is 0 Å². The number of aromatic nitrogens is 2. The summed E-state index contributed by atoms with van der Waals surface area (Å²) in [6, 6.07) is 8.01. The zero-order valence-corrected chi connectivity index (χ0v) is 10.5. The van der Waals surface area contributed by atoms with Crippen LogP contribution in [0.5, 0.6) is 0 Å². The van der Waals surface area contributed by atoms with Gasteiger partial charge in [-0.1, -0.05) is 26.0 Å². The number of aliphatic hydroxyl groups is 1. The van der Waals surface area contributed by atoms with E-state index in [9.17, 15) is 5.11 Å². The first-order chi connectivity index (χ1) is 8.16. The quantitative estimate of drug-likeness (QED) is 0.860. The number of benzene rings is 1. The molecule has 0 aliphatic carbocycles. The molecule has 1 heterocycles. The summed E-state index contributed by atoms with van der Waals surface area (Å²) in [5.74, 6) is 0.643. The van der Waals surface area contributed by atoms with E-state index in [2.05, 4.69) is 18.8 Å². The molecule has 1 N–H and O–H groups in total. The number of hydrogen-bond acceptors (Lipinski definition) is 2. The highest BCUT2D eigenvalue weighted by molar-refractivity contribution is 5.74. The molecule has 1 aromatic carbocycles. The van der Waals surface area contributed by atoms with Crippen LogP contribution >= 0.6 is 0 Å². The van der Waals surface area contributed by atoms with Crippen LogP contribution in [0, 0.1) is 5.92 Å². The molecule has 0 spiro atoms. The molecule has 0 saturated heterocycles. The zero-order chi connectivity index (χ0) is 12.3. The average molecular weight is 232 g/mol. The van der Waals surface area contributed by atoms with Crippen LogP contribution < -0.4 is 0 Å². The molecular formula is C14H20N2O. The Labute approximate surface area is 102 Å². The topological polar surface area (TPSA) is 38.0 Å². The van der Waals surface area contributed by atoms with Gasteiger partial charge >= 0.3 is 0 Å². The Morgan fingerprint density at radius 3 is 2.76 bits per heavy atom. The molecule has 2 rings (SSSR count). The number of nitrogens with zero attached hydrogens (tertiary/aromatic N) is 2. The van der Waals surface area contributed by atoms with Gasteiger partial charge in [0, 0.05) is 0 Å². The summed E-state index contributed by atoms with van der Waals surface area (Å²) < 4.78 is 2.03. The molecule has 0 aliphatic rings. The number of fused-ring (bicyclic) bond motifs is 1. The fourth-order valence-corrected chi connectivity index (χ4v) is 2.00. The number of aliphatic hydroxyl groups excluding tert-OH is 1. The number of imidazole rings is 1. The first kappa shape index (κ1) is 12.1. The van der Waals surface area contributed by atoms with E-state index in [0.717, 1.165) is 23.9 Å². The Kier molecular flexibility index (Phi) is 3.79. The van der Waals surface area contributed by atoms with Gasteiger partial charge in [-0.05, 0) is 30.9 Å². The molecule has 0 bridgehead atoms. The van der Waals surface area contributed by atoms with Gasteiger partial charge in [0.05, 0.1) is 30.0 Å². The molecule has 2 aromatic rings. The van der Waals surface area contributed by atoms with Gasteiger partial charge in [-0.25, -0.2) is 4.98 Å². The lowest BCUT2D eigenvalue weighted by molar-refractivity contribution is 0.138. The van der Waals surface area contributed by atoms with Crippen LogP contribution in [0.1, 0.15) is 26.7 Å². The highest BCUT2D eigenvalue weighted by atomic mass is 16.3. The zero-order valence-electron chi connectivity index (χ0n) is 10.5. The monoisotopic (exact) mass is 232 g/mol. The van der Waals surface area contributed by atoms with Crippen molar-refractivity contribution in [2.24, 2.45) is 5.92 Å². The van der Waals surface area contributed by atoms with E-state index < -0.39 is 0 Å². The van der Waals surface area contributed by atoms with Gasteiger partial charge < -0.3 is 9.67 Å². The van der Waals surface area contributed by atoms with Crippen molar-refractivity contribution in [1.29, 1.82) is 0 Å². The summed E-state index contributed by atoms with van der Waals surface area (Å²) in [5, 5.41) is 9.98. The van der Waals surface area contributed by atoms with Gasteiger partial charge in [0.15, 0.2) is 0 Å². The Balaban J connectivity index is 2.03. The maximum absolute atomic E-state index is 9.98. The van der Waals surface area contributed by atoms with E-state index in [1.165, 1.54) is 0 Å². The summed E-state index contributed by atoms with van der Waals surface area (Å²) >= 11 is 0. The number of rotatable bonds is 5. The van der Waals surface area contributed by atoms with Gasteiger partial charge in [0.25, 0.3) is 0 Å². The fourth-order valence-electron chi connectivity index (χ4n) is 2.00. The van der Waals surface area contributed by atoms with Gasteiger partial charge in [-0.15, -0.1) is 0 Å². The Bertz CT molecular complexity index is 476. The van der Waals surface area contributed by atoms with Crippen LogP contribution in [0.25, 0.3) is 11.0 Å². The van der Waals surface area contributed by atoms with Crippen molar-refractivity contribution in [2.75, 3.05) is 0 Å². The number of para-hydroxylation sites is 2. The maximum Gasteiger partial charge on any atom is 0.0959 e. The second kappa shape index (κ2) is 5.32. The highest BCUT2D eigenvalue weighted by Crippen LogP contribution is 2.14. The largest absolute Gasteiger partial charge is 0.391 e. The molecular weight excluding hydrogens is 212 g/mol. The SMILES string of the molecule is CC(C)CCC(O)Cn1cnc2ccccc21. The van der Waals surface area contributed by atoms with E-state index in [1.54, 1.807) is 0 Å². The Morgan fingerprint density at radius 1 is 1.24 bits per heavy atom. The third-order valence-electron chi connectivity index (χ3n) is 3.01. The second-order valence-corrected chi connectivity index (χ2v) is 5.01. The van der Waals surface area contributed by atoms with Crippen LogP contribution in [-0.2, 0) is 6.54 Å². The average Bonchev–Trinajstić information content (AvgIpc) is 2.70. The molecule has 1 atom stereocenters. The smallest absolute Gasteiger partial charge is 0.0959 e. The van der Waals surface area contributed by atoms with Crippen LogP contribution in [0.2, 0.25) is 0 Å². The molecule has 3 nitrogen and oxygen atoms in total. The highest BCUT2D eigenvalue weighted by Gasteiger charge is 2.08. The van der Waals surface area contributed by atoms with E-state index >= 15 is 0 Å². The Hall–Kier alpha value is -1.35. The van der Waals surface area contributed by atoms with Crippen molar-refractivity contribution < 1.29 is 5.11 Å². The molecule has 0 amide bonds. The van der Waals surface area contributed by atoms with Crippen molar-refractivity contribution >= 4 is 11.0 Å². The van der Waals surface area contributed by atoms with Gasteiger partial charge in [0.2, 0.25) is 0 Å². The predicted molar refractivity (Wildman–Crippen MR) is 69.8 cm³/mol. The molecule has 3 heteroatoms. The first-order valence-corrected chi connectivity index (χ1v) is 6.24. The lowest BCUT2D eigenvalue weighted by Gasteiger charge is -2.13. The van der Waals surface area contributed by atoms with E-state index in [1.807, 2.05) is 35.2 Å². The second-order valence-electron chi connectivity index (χ2n) is 5.01. The lowest BCUT2D eigenvalue weighted by atomic mass is 10.1. The fraction of sp³-hybridized carbons (Fsp3) is 0.500. The third-order valence-corrected chi connectivity index (χ3v) is 3.01. The summed E-state index contributed by atoms with van der Waals surface area (Å²) in [5.41, 5.74) is 2.08. The van der Waals surface area contributed by atoms with Crippen molar-refractivity contribution in [3.63, 3.8) is 0 Å². The molecule has 0 radical (unpaired) electrons. The molecule has 1 unspecified atom stereocenters. The molecule has 1 aromatic heterocycles. The summed E-state index contributed by atoms with van der Waals surface area (Å²) in [6.45, 7) is 4.99. The first-order valence-electron chi connectivity index (χ1n) is 6.24. The molecule has 0 fully saturated rings.